The molecule has 3 N–H and O–H groups in total. The lowest BCUT2D eigenvalue weighted by Gasteiger charge is -2.13. The summed E-state index contributed by atoms with van der Waals surface area (Å²) in [5.74, 6) is 0.772. The fraction of sp³-hybridized carbons (Fsp3) is 0.533. The molecule has 6 nitrogen and oxygen atoms in total. The average molecular weight is 294 g/mol. The van der Waals surface area contributed by atoms with Crippen molar-refractivity contribution in [3.63, 3.8) is 0 Å². The van der Waals surface area contributed by atoms with Crippen LogP contribution in [0.1, 0.15) is 29.6 Å². The highest BCUT2D eigenvalue weighted by molar-refractivity contribution is 6.00. The van der Waals surface area contributed by atoms with Gasteiger partial charge in [0.25, 0.3) is 5.91 Å². The highest BCUT2D eigenvalue weighted by atomic mass is 16.5. The van der Waals surface area contributed by atoms with Crippen molar-refractivity contribution in [1.29, 1.82) is 0 Å². The summed E-state index contributed by atoms with van der Waals surface area (Å²) >= 11 is 0. The molecule has 1 aliphatic rings. The maximum absolute atomic E-state index is 12.2. The van der Waals surface area contributed by atoms with E-state index < -0.39 is 0 Å². The number of benzene rings is 1. The summed E-state index contributed by atoms with van der Waals surface area (Å²) in [4.78, 5) is 12.2. The third kappa shape index (κ3) is 3.78. The van der Waals surface area contributed by atoms with E-state index in [-0.39, 0.29) is 12.0 Å². The standard InChI is InChI=1S/C15H22N2O4/c1-19-13-8-11(12(16)9-14(13)20-2)15(18)17-6-5-10-4-3-7-21-10/h8-10H,3-7,16H2,1-2H3,(H,17,18). The van der Waals surface area contributed by atoms with Gasteiger partial charge in [-0.1, -0.05) is 0 Å². The van der Waals surface area contributed by atoms with Gasteiger partial charge in [0.05, 0.1) is 25.9 Å². The summed E-state index contributed by atoms with van der Waals surface area (Å²) < 4.78 is 15.9. The van der Waals surface area contributed by atoms with E-state index in [1.54, 1.807) is 12.1 Å². The van der Waals surface area contributed by atoms with Gasteiger partial charge in [-0.2, -0.15) is 0 Å². The fourth-order valence-electron chi connectivity index (χ4n) is 2.41. The molecule has 0 bridgehead atoms. The molecule has 6 heteroatoms. The minimum absolute atomic E-state index is 0.216. The molecule has 0 aromatic heterocycles. The monoisotopic (exact) mass is 294 g/mol. The van der Waals surface area contributed by atoms with Crippen LogP contribution in [-0.2, 0) is 4.74 Å². The first-order chi connectivity index (χ1) is 10.2. The predicted octanol–water partition coefficient (Wildman–Crippen LogP) is 1.58. The van der Waals surface area contributed by atoms with Gasteiger partial charge in [0.1, 0.15) is 0 Å². The number of nitrogens with two attached hydrogens (primary N) is 1. The van der Waals surface area contributed by atoms with Gasteiger partial charge in [-0.3, -0.25) is 4.79 Å². The Morgan fingerprint density at radius 1 is 1.38 bits per heavy atom. The van der Waals surface area contributed by atoms with Gasteiger partial charge >= 0.3 is 0 Å². The summed E-state index contributed by atoms with van der Waals surface area (Å²) in [6, 6.07) is 3.18. The Balaban J connectivity index is 1.97. The lowest BCUT2D eigenvalue weighted by Crippen LogP contribution is -2.27. The highest BCUT2D eigenvalue weighted by Gasteiger charge is 2.17. The van der Waals surface area contributed by atoms with E-state index in [1.165, 1.54) is 14.2 Å². The van der Waals surface area contributed by atoms with E-state index in [0.29, 0.717) is 29.3 Å². The van der Waals surface area contributed by atoms with E-state index in [2.05, 4.69) is 5.32 Å². The zero-order valence-electron chi connectivity index (χ0n) is 12.5. The van der Waals surface area contributed by atoms with E-state index in [9.17, 15) is 4.79 Å². The second-order valence-electron chi connectivity index (χ2n) is 4.97. The Morgan fingerprint density at radius 3 is 2.71 bits per heavy atom. The number of hydrogen-bond donors (Lipinski definition) is 2. The van der Waals surface area contributed by atoms with Crippen LogP contribution in [0.25, 0.3) is 0 Å². The summed E-state index contributed by atoms with van der Waals surface area (Å²) in [5.41, 5.74) is 6.65. The molecule has 21 heavy (non-hydrogen) atoms. The molecular formula is C15H22N2O4. The van der Waals surface area contributed by atoms with Crippen LogP contribution in [0.4, 0.5) is 5.69 Å². The van der Waals surface area contributed by atoms with Crippen LogP contribution in [0.3, 0.4) is 0 Å². The first kappa shape index (κ1) is 15.4. The molecule has 0 radical (unpaired) electrons. The van der Waals surface area contributed by atoms with Crippen molar-refractivity contribution in [2.75, 3.05) is 33.1 Å². The van der Waals surface area contributed by atoms with Crippen LogP contribution < -0.4 is 20.5 Å². The minimum Gasteiger partial charge on any atom is -0.493 e. The molecule has 116 valence electrons. The van der Waals surface area contributed by atoms with Crippen molar-refractivity contribution >= 4 is 11.6 Å². The second kappa shape index (κ2) is 7.17. The lowest BCUT2D eigenvalue weighted by molar-refractivity contribution is 0.0907. The van der Waals surface area contributed by atoms with Gasteiger partial charge in [0, 0.05) is 24.9 Å². The lowest BCUT2D eigenvalue weighted by atomic mass is 10.1. The normalized spacial score (nSPS) is 17.5. The number of nitrogen functional groups attached to an aromatic ring is 1. The minimum atomic E-state index is -0.216. The molecule has 0 saturated carbocycles. The van der Waals surface area contributed by atoms with Crippen LogP contribution in [0.2, 0.25) is 0 Å². The largest absolute Gasteiger partial charge is 0.493 e. The highest BCUT2D eigenvalue weighted by Crippen LogP contribution is 2.31. The molecule has 1 unspecified atom stereocenters. The summed E-state index contributed by atoms with van der Waals surface area (Å²) in [7, 11) is 3.05. The first-order valence-electron chi connectivity index (χ1n) is 7.07. The Labute approximate surface area is 124 Å². The van der Waals surface area contributed by atoms with Crippen LogP contribution in [0.15, 0.2) is 12.1 Å². The topological polar surface area (TPSA) is 82.8 Å². The number of rotatable bonds is 6. The number of carbonyl (C=O) groups is 1. The predicted molar refractivity (Wildman–Crippen MR) is 79.9 cm³/mol. The number of methoxy groups -OCH3 is 2. The summed E-state index contributed by atoms with van der Waals surface area (Å²) in [6.07, 6.45) is 3.24. The van der Waals surface area contributed by atoms with E-state index in [4.69, 9.17) is 19.9 Å². The average Bonchev–Trinajstić information content (AvgIpc) is 3.00. The molecule has 1 amide bonds. The Kier molecular flexibility index (Phi) is 5.27. The number of ether oxygens (including phenoxy) is 3. The Morgan fingerprint density at radius 2 is 2.10 bits per heavy atom. The van der Waals surface area contributed by atoms with E-state index in [0.717, 1.165) is 25.9 Å². The van der Waals surface area contributed by atoms with E-state index >= 15 is 0 Å². The zero-order chi connectivity index (χ0) is 15.2. The van der Waals surface area contributed by atoms with Crippen molar-refractivity contribution in [3.05, 3.63) is 17.7 Å². The molecule has 1 atom stereocenters. The van der Waals surface area contributed by atoms with Gasteiger partial charge < -0.3 is 25.3 Å². The van der Waals surface area contributed by atoms with Crippen LogP contribution >= 0.6 is 0 Å². The smallest absolute Gasteiger partial charge is 0.253 e. The van der Waals surface area contributed by atoms with Gasteiger partial charge in [-0.15, -0.1) is 0 Å². The second-order valence-corrected chi connectivity index (χ2v) is 4.97. The fourth-order valence-corrected chi connectivity index (χ4v) is 2.41. The molecule has 1 aromatic carbocycles. The van der Waals surface area contributed by atoms with E-state index in [1.807, 2.05) is 0 Å². The molecule has 1 fully saturated rings. The molecule has 2 rings (SSSR count). The Hall–Kier alpha value is -1.95. The van der Waals surface area contributed by atoms with Crippen LogP contribution in [0, 0.1) is 0 Å². The van der Waals surface area contributed by atoms with Gasteiger partial charge in [0.15, 0.2) is 11.5 Å². The van der Waals surface area contributed by atoms with Crippen molar-refractivity contribution in [1.82, 2.24) is 5.32 Å². The molecule has 1 heterocycles. The number of amides is 1. The van der Waals surface area contributed by atoms with Gasteiger partial charge in [0.2, 0.25) is 0 Å². The molecule has 1 aromatic rings. The first-order valence-corrected chi connectivity index (χ1v) is 7.07. The molecule has 1 aliphatic heterocycles. The Bertz CT molecular complexity index is 499. The van der Waals surface area contributed by atoms with Crippen molar-refractivity contribution < 1.29 is 19.0 Å². The molecule has 1 saturated heterocycles. The van der Waals surface area contributed by atoms with Crippen LogP contribution in [0.5, 0.6) is 11.5 Å². The summed E-state index contributed by atoms with van der Waals surface area (Å²) in [6.45, 7) is 1.39. The zero-order valence-corrected chi connectivity index (χ0v) is 12.5. The maximum Gasteiger partial charge on any atom is 0.253 e. The number of carbonyl (C=O) groups excluding carboxylic acids is 1. The van der Waals surface area contributed by atoms with Crippen molar-refractivity contribution in [3.8, 4) is 11.5 Å². The number of hydrogen-bond acceptors (Lipinski definition) is 5. The molecule has 0 spiro atoms. The molecule has 0 aliphatic carbocycles. The van der Waals surface area contributed by atoms with Gasteiger partial charge in [-0.05, 0) is 25.3 Å². The third-order valence-corrected chi connectivity index (χ3v) is 3.58. The number of anilines is 1. The van der Waals surface area contributed by atoms with Gasteiger partial charge in [-0.25, -0.2) is 0 Å². The molecular weight excluding hydrogens is 272 g/mol. The van der Waals surface area contributed by atoms with Crippen molar-refractivity contribution in [2.45, 2.75) is 25.4 Å². The number of nitrogens with one attached hydrogen (secondary N) is 1. The maximum atomic E-state index is 12.2. The van der Waals surface area contributed by atoms with Crippen molar-refractivity contribution in [2.24, 2.45) is 0 Å². The SMILES string of the molecule is COc1cc(N)c(C(=O)NCCC2CCCO2)cc1OC. The summed E-state index contributed by atoms with van der Waals surface area (Å²) in [5, 5.41) is 2.86. The quantitative estimate of drug-likeness (QED) is 0.778. The third-order valence-electron chi connectivity index (χ3n) is 3.58. The van der Waals surface area contributed by atoms with Crippen LogP contribution in [-0.4, -0.2) is 39.4 Å².